The van der Waals surface area contributed by atoms with Gasteiger partial charge in [-0.3, -0.25) is 4.79 Å². The third-order valence-electron chi connectivity index (χ3n) is 2.89. The molecule has 2 heterocycles. The summed E-state index contributed by atoms with van der Waals surface area (Å²) in [5.41, 5.74) is 2.45. The lowest BCUT2D eigenvalue weighted by Gasteiger charge is -2.21. The van der Waals surface area contributed by atoms with Crippen LogP contribution in [0.4, 0.5) is 0 Å². The van der Waals surface area contributed by atoms with E-state index in [-0.39, 0.29) is 17.2 Å². The van der Waals surface area contributed by atoms with E-state index in [0.717, 1.165) is 17.1 Å². The molecule has 0 bridgehead atoms. The number of amides is 1. The summed E-state index contributed by atoms with van der Waals surface area (Å²) in [7, 11) is 0. The molecular weight excluding hydrogens is 214 g/mol. The van der Waals surface area contributed by atoms with E-state index in [0.29, 0.717) is 12.2 Å². The minimum Gasteiger partial charge on any atom is -0.346 e. The van der Waals surface area contributed by atoms with Gasteiger partial charge in [-0.05, 0) is 0 Å². The first-order valence-corrected chi connectivity index (χ1v) is 6.00. The highest BCUT2D eigenvalue weighted by Gasteiger charge is 2.31. The molecule has 0 spiro atoms. The Morgan fingerprint density at radius 3 is 2.41 bits per heavy atom. The molecule has 1 amide bonds. The van der Waals surface area contributed by atoms with Gasteiger partial charge in [0.15, 0.2) is 0 Å². The van der Waals surface area contributed by atoms with Crippen molar-refractivity contribution in [1.82, 2.24) is 15.3 Å². The Balaban J connectivity index is 2.67. The molecule has 4 nitrogen and oxygen atoms in total. The largest absolute Gasteiger partial charge is 0.346 e. The molecule has 0 fully saturated rings. The van der Waals surface area contributed by atoms with Crippen LogP contribution in [-0.2, 0) is 12.0 Å². The van der Waals surface area contributed by atoms with Crippen molar-refractivity contribution in [3.63, 3.8) is 0 Å². The normalized spacial score (nSPS) is 15.1. The third-order valence-corrected chi connectivity index (χ3v) is 2.89. The summed E-state index contributed by atoms with van der Waals surface area (Å²) in [5, 5.41) is 2.82. The minimum atomic E-state index is -0.0743. The van der Waals surface area contributed by atoms with Crippen molar-refractivity contribution < 1.29 is 4.79 Å². The number of hydrogen-bond donors (Lipinski definition) is 1. The molecule has 1 aromatic heterocycles. The maximum absolute atomic E-state index is 11.7. The van der Waals surface area contributed by atoms with E-state index < -0.39 is 0 Å². The van der Waals surface area contributed by atoms with Crippen LogP contribution in [0, 0.1) is 0 Å². The van der Waals surface area contributed by atoms with E-state index >= 15 is 0 Å². The van der Waals surface area contributed by atoms with Gasteiger partial charge in [0.05, 0.1) is 5.69 Å². The van der Waals surface area contributed by atoms with Crippen LogP contribution in [0.25, 0.3) is 0 Å². The molecule has 1 aromatic rings. The van der Waals surface area contributed by atoms with Crippen molar-refractivity contribution in [3.8, 4) is 0 Å². The molecule has 4 heteroatoms. The highest BCUT2D eigenvalue weighted by atomic mass is 16.2. The zero-order valence-corrected chi connectivity index (χ0v) is 11.1. The molecule has 0 radical (unpaired) electrons. The Labute approximate surface area is 102 Å². The molecule has 0 atom stereocenters. The van der Waals surface area contributed by atoms with E-state index in [1.807, 2.05) is 13.8 Å². The Kier molecular flexibility index (Phi) is 2.68. The fourth-order valence-electron chi connectivity index (χ4n) is 1.99. The number of carbonyl (C=O) groups excluding carboxylic acids is 1. The van der Waals surface area contributed by atoms with Gasteiger partial charge in [0, 0.05) is 23.4 Å². The van der Waals surface area contributed by atoms with Crippen molar-refractivity contribution in [1.29, 1.82) is 0 Å². The number of hydrogen-bond acceptors (Lipinski definition) is 3. The van der Waals surface area contributed by atoms with Crippen molar-refractivity contribution >= 4 is 5.91 Å². The van der Waals surface area contributed by atoms with Gasteiger partial charge in [0.2, 0.25) is 0 Å². The highest BCUT2D eigenvalue weighted by Crippen LogP contribution is 2.29. The molecule has 1 N–H and O–H groups in total. The maximum Gasteiger partial charge on any atom is 0.270 e. The molecule has 17 heavy (non-hydrogen) atoms. The standard InChI is InChI=1S/C13H19N3O/c1-7(2)11-15-9-8(6-14-12(9)17)10(16-11)13(3,4)5/h7H,6H2,1-5H3,(H,14,17). The number of carbonyl (C=O) groups is 1. The minimum absolute atomic E-state index is 0.0665. The molecule has 2 rings (SSSR count). The summed E-state index contributed by atoms with van der Waals surface area (Å²) >= 11 is 0. The quantitative estimate of drug-likeness (QED) is 0.808. The summed E-state index contributed by atoms with van der Waals surface area (Å²) in [4.78, 5) is 20.7. The van der Waals surface area contributed by atoms with Crippen molar-refractivity contribution in [3.05, 3.63) is 22.8 Å². The molecule has 0 unspecified atom stereocenters. The van der Waals surface area contributed by atoms with Gasteiger partial charge in [0.1, 0.15) is 11.5 Å². The van der Waals surface area contributed by atoms with Gasteiger partial charge in [-0.1, -0.05) is 34.6 Å². The molecule has 1 aliphatic rings. The van der Waals surface area contributed by atoms with Crippen molar-refractivity contribution in [2.75, 3.05) is 0 Å². The summed E-state index contributed by atoms with van der Waals surface area (Å²) < 4.78 is 0. The van der Waals surface area contributed by atoms with E-state index in [1.54, 1.807) is 0 Å². The van der Waals surface area contributed by atoms with Crippen molar-refractivity contribution in [2.24, 2.45) is 0 Å². The monoisotopic (exact) mass is 233 g/mol. The summed E-state index contributed by atoms with van der Waals surface area (Å²) in [6, 6.07) is 0. The Hall–Kier alpha value is -1.45. The Morgan fingerprint density at radius 1 is 1.24 bits per heavy atom. The van der Waals surface area contributed by atoms with Gasteiger partial charge in [-0.2, -0.15) is 0 Å². The van der Waals surface area contributed by atoms with E-state index in [1.165, 1.54) is 0 Å². The van der Waals surface area contributed by atoms with Crippen LogP contribution in [0.5, 0.6) is 0 Å². The van der Waals surface area contributed by atoms with Crippen LogP contribution in [-0.4, -0.2) is 15.9 Å². The highest BCUT2D eigenvalue weighted by molar-refractivity contribution is 5.96. The first kappa shape index (κ1) is 12.0. The predicted octanol–water partition coefficient (Wildman–Crippen LogP) is 2.14. The predicted molar refractivity (Wildman–Crippen MR) is 66.0 cm³/mol. The van der Waals surface area contributed by atoms with Gasteiger partial charge in [-0.25, -0.2) is 9.97 Å². The second-order valence-corrected chi connectivity index (χ2v) is 5.84. The molecule has 0 saturated heterocycles. The van der Waals surface area contributed by atoms with E-state index in [9.17, 15) is 4.79 Å². The zero-order chi connectivity index (χ0) is 12.8. The molecular formula is C13H19N3O. The average molecular weight is 233 g/mol. The summed E-state index contributed by atoms with van der Waals surface area (Å²) in [5.74, 6) is 0.912. The van der Waals surface area contributed by atoms with Gasteiger partial charge < -0.3 is 5.32 Å². The lowest BCUT2D eigenvalue weighted by atomic mass is 9.88. The topological polar surface area (TPSA) is 54.9 Å². The van der Waals surface area contributed by atoms with Crippen LogP contribution >= 0.6 is 0 Å². The lowest BCUT2D eigenvalue weighted by Crippen LogP contribution is -2.20. The lowest BCUT2D eigenvalue weighted by molar-refractivity contribution is 0.0961. The van der Waals surface area contributed by atoms with Gasteiger partial charge in [-0.15, -0.1) is 0 Å². The Morgan fingerprint density at radius 2 is 1.88 bits per heavy atom. The van der Waals surface area contributed by atoms with Crippen molar-refractivity contribution in [2.45, 2.75) is 52.5 Å². The first-order chi connectivity index (χ1) is 7.80. The first-order valence-electron chi connectivity index (χ1n) is 6.00. The van der Waals surface area contributed by atoms with E-state index in [4.69, 9.17) is 0 Å². The molecule has 0 aliphatic carbocycles. The molecule has 1 aliphatic heterocycles. The second-order valence-electron chi connectivity index (χ2n) is 5.84. The fourth-order valence-corrected chi connectivity index (χ4v) is 1.99. The van der Waals surface area contributed by atoms with Crippen LogP contribution in [0.2, 0.25) is 0 Å². The zero-order valence-electron chi connectivity index (χ0n) is 11.1. The van der Waals surface area contributed by atoms with Gasteiger partial charge in [0.25, 0.3) is 5.91 Å². The van der Waals surface area contributed by atoms with Crippen LogP contribution in [0.15, 0.2) is 0 Å². The number of rotatable bonds is 1. The fraction of sp³-hybridized carbons (Fsp3) is 0.615. The number of nitrogens with zero attached hydrogens (tertiary/aromatic N) is 2. The maximum atomic E-state index is 11.7. The summed E-state index contributed by atoms with van der Waals surface area (Å²) in [6.45, 7) is 11.0. The third kappa shape index (κ3) is 2.04. The van der Waals surface area contributed by atoms with Crippen LogP contribution < -0.4 is 5.32 Å². The number of fused-ring (bicyclic) bond motifs is 1. The number of aromatic nitrogens is 2. The Bertz CT molecular complexity index is 472. The molecule has 0 aromatic carbocycles. The van der Waals surface area contributed by atoms with Crippen LogP contribution in [0.1, 0.15) is 68.1 Å². The smallest absolute Gasteiger partial charge is 0.270 e. The SMILES string of the molecule is CC(C)c1nc2c(c(C(C)(C)C)n1)CNC2=O. The number of nitrogens with one attached hydrogen (secondary N) is 1. The van der Waals surface area contributed by atoms with Gasteiger partial charge >= 0.3 is 0 Å². The second kappa shape index (κ2) is 3.79. The summed E-state index contributed by atoms with van der Waals surface area (Å²) in [6.07, 6.45) is 0. The van der Waals surface area contributed by atoms with Crippen LogP contribution in [0.3, 0.4) is 0 Å². The molecule has 0 saturated carbocycles. The van der Waals surface area contributed by atoms with E-state index in [2.05, 4.69) is 36.1 Å². The molecule has 92 valence electrons. The average Bonchev–Trinajstić information content (AvgIpc) is 2.58.